The summed E-state index contributed by atoms with van der Waals surface area (Å²) in [6.07, 6.45) is -0.180. The largest absolute Gasteiger partial charge is 0.444 e. The van der Waals surface area contributed by atoms with Gasteiger partial charge in [-0.15, -0.1) is 12.4 Å². The van der Waals surface area contributed by atoms with Crippen molar-refractivity contribution in [2.45, 2.75) is 12.5 Å². The lowest BCUT2D eigenvalue weighted by Crippen LogP contribution is -2.31. The number of thiol groups is 1. The Morgan fingerprint density at radius 1 is 1.71 bits per heavy atom. The van der Waals surface area contributed by atoms with Gasteiger partial charge in [0, 0.05) is 18.7 Å². The van der Waals surface area contributed by atoms with Crippen LogP contribution in [0.4, 0.5) is 4.79 Å². The van der Waals surface area contributed by atoms with E-state index in [4.69, 9.17) is 15.9 Å². The Morgan fingerprint density at radius 3 is 2.86 bits per heavy atom. The topological polar surface area (TPSA) is 79.4 Å². The average Bonchev–Trinajstić information content (AvgIpc) is 2.50. The van der Waals surface area contributed by atoms with Crippen molar-refractivity contribution in [1.82, 2.24) is 4.90 Å². The lowest BCUT2D eigenvalue weighted by atomic mass is 10.3. The number of amidine groups is 1. The molecule has 1 saturated heterocycles. The molecule has 1 aliphatic heterocycles. The Balaban J connectivity index is 0.00000169. The Morgan fingerprint density at radius 2 is 2.36 bits per heavy atom. The Kier molecular flexibility index (Phi) is 5.71. The molecule has 1 atom stereocenters. The molecule has 1 aliphatic rings. The van der Waals surface area contributed by atoms with Crippen LogP contribution in [0.3, 0.4) is 0 Å². The molecule has 1 rings (SSSR count). The quantitative estimate of drug-likeness (QED) is 0.373. The number of nitrogens with one attached hydrogen (secondary N) is 1. The molecule has 14 heavy (non-hydrogen) atoms. The summed E-state index contributed by atoms with van der Waals surface area (Å²) in [6, 6.07) is 0. The number of nitrogens with two attached hydrogens (primary N) is 1. The minimum Gasteiger partial charge on any atom is -0.444 e. The molecular weight excluding hydrogens is 226 g/mol. The van der Waals surface area contributed by atoms with Crippen molar-refractivity contribution in [2.75, 3.05) is 18.8 Å². The second-order valence-electron chi connectivity index (χ2n) is 2.90. The van der Waals surface area contributed by atoms with Crippen LogP contribution in [0.5, 0.6) is 0 Å². The molecule has 82 valence electrons. The number of amides is 1. The van der Waals surface area contributed by atoms with Crippen LogP contribution in [-0.2, 0) is 4.74 Å². The molecule has 0 aromatic rings. The van der Waals surface area contributed by atoms with Gasteiger partial charge < -0.3 is 15.4 Å². The summed E-state index contributed by atoms with van der Waals surface area (Å²) in [4.78, 5) is 12.2. The van der Waals surface area contributed by atoms with Gasteiger partial charge in [-0.2, -0.15) is 12.6 Å². The van der Waals surface area contributed by atoms with Crippen molar-refractivity contribution in [3.05, 3.63) is 0 Å². The monoisotopic (exact) mass is 239 g/mol. The van der Waals surface area contributed by atoms with E-state index < -0.39 is 6.09 Å². The second kappa shape index (κ2) is 5.98. The Labute approximate surface area is 94.3 Å². The second-order valence-corrected chi connectivity index (χ2v) is 3.21. The molecule has 0 aromatic heterocycles. The van der Waals surface area contributed by atoms with Crippen molar-refractivity contribution >= 4 is 37.0 Å². The molecule has 0 spiro atoms. The molecule has 0 bridgehead atoms. The number of hydrogen-bond acceptors (Lipinski definition) is 4. The number of ether oxygens (including phenoxy) is 1. The number of likely N-dealkylation sites (tertiary alicyclic amines) is 1. The van der Waals surface area contributed by atoms with E-state index in [1.54, 1.807) is 0 Å². The Bertz CT molecular complexity index is 227. The van der Waals surface area contributed by atoms with Gasteiger partial charge in [-0.1, -0.05) is 0 Å². The molecule has 5 nitrogen and oxygen atoms in total. The summed E-state index contributed by atoms with van der Waals surface area (Å²) in [5.74, 6) is 0.863. The summed E-state index contributed by atoms with van der Waals surface area (Å²) in [5, 5.41) is 7.48. The third kappa shape index (κ3) is 3.63. The van der Waals surface area contributed by atoms with E-state index in [-0.39, 0.29) is 18.5 Å². The zero-order valence-corrected chi connectivity index (χ0v) is 9.31. The zero-order chi connectivity index (χ0) is 9.84. The number of rotatable bonds is 2. The van der Waals surface area contributed by atoms with Gasteiger partial charge in [0.25, 0.3) is 0 Å². The highest BCUT2D eigenvalue weighted by molar-refractivity contribution is 7.81. The lowest BCUT2D eigenvalue weighted by Gasteiger charge is -2.17. The van der Waals surface area contributed by atoms with Crippen molar-refractivity contribution in [3.8, 4) is 0 Å². The van der Waals surface area contributed by atoms with Gasteiger partial charge in [-0.25, -0.2) is 4.79 Å². The SMILES string of the molecule is Cl.N=C(CS)N1CC[C@@H](OC(N)=O)C1. The highest BCUT2D eigenvalue weighted by atomic mass is 35.5. The number of carbonyl (C=O) groups is 1. The molecular formula is C7H14ClN3O2S. The zero-order valence-electron chi connectivity index (χ0n) is 7.60. The first-order chi connectivity index (χ1) is 6.13. The van der Waals surface area contributed by atoms with Crippen LogP contribution in [0.25, 0.3) is 0 Å². The van der Waals surface area contributed by atoms with Gasteiger partial charge in [-0.05, 0) is 0 Å². The van der Waals surface area contributed by atoms with Gasteiger partial charge in [0.15, 0.2) is 0 Å². The van der Waals surface area contributed by atoms with Crippen molar-refractivity contribution < 1.29 is 9.53 Å². The molecule has 0 aromatic carbocycles. The van der Waals surface area contributed by atoms with Crippen LogP contribution in [0.1, 0.15) is 6.42 Å². The Hall–Kier alpha value is -0.620. The third-order valence-electron chi connectivity index (χ3n) is 1.96. The van der Waals surface area contributed by atoms with Crippen molar-refractivity contribution in [1.29, 1.82) is 5.41 Å². The first kappa shape index (κ1) is 13.4. The van der Waals surface area contributed by atoms with E-state index in [0.717, 1.165) is 13.0 Å². The van der Waals surface area contributed by atoms with Crippen LogP contribution in [0.2, 0.25) is 0 Å². The maximum Gasteiger partial charge on any atom is 0.404 e. The van der Waals surface area contributed by atoms with Gasteiger partial charge in [0.1, 0.15) is 11.9 Å². The van der Waals surface area contributed by atoms with Crippen LogP contribution < -0.4 is 5.73 Å². The minimum atomic E-state index is -0.746. The van der Waals surface area contributed by atoms with E-state index in [2.05, 4.69) is 12.6 Å². The summed E-state index contributed by atoms with van der Waals surface area (Å²) in [5.41, 5.74) is 4.88. The smallest absolute Gasteiger partial charge is 0.404 e. The predicted octanol–water partition coefficient (Wildman–Crippen LogP) is 0.485. The average molecular weight is 240 g/mol. The number of halogens is 1. The van der Waals surface area contributed by atoms with Gasteiger partial charge >= 0.3 is 6.09 Å². The molecule has 1 fully saturated rings. The van der Waals surface area contributed by atoms with E-state index >= 15 is 0 Å². The van der Waals surface area contributed by atoms with Crippen LogP contribution in [-0.4, -0.2) is 41.8 Å². The normalized spacial score (nSPS) is 20.1. The minimum absolute atomic E-state index is 0. The molecule has 7 heteroatoms. The van der Waals surface area contributed by atoms with E-state index in [1.807, 2.05) is 4.90 Å². The summed E-state index contributed by atoms with van der Waals surface area (Å²) < 4.78 is 4.81. The number of hydrogen-bond donors (Lipinski definition) is 3. The third-order valence-corrected chi connectivity index (χ3v) is 2.26. The summed E-state index contributed by atoms with van der Waals surface area (Å²) >= 11 is 3.99. The standard InChI is InChI=1S/C7H13N3O2S.ClH/c8-6(4-13)10-2-1-5(3-10)12-7(9)11;/h5,8,13H,1-4H2,(H2,9,11);1H/t5-;/m1./s1. The van der Waals surface area contributed by atoms with Crippen LogP contribution in [0.15, 0.2) is 0 Å². The van der Waals surface area contributed by atoms with E-state index in [0.29, 0.717) is 18.1 Å². The summed E-state index contributed by atoms with van der Waals surface area (Å²) in [7, 11) is 0. The molecule has 1 heterocycles. The molecule has 0 radical (unpaired) electrons. The van der Waals surface area contributed by atoms with Crippen LogP contribution >= 0.6 is 25.0 Å². The van der Waals surface area contributed by atoms with Crippen molar-refractivity contribution in [2.24, 2.45) is 5.73 Å². The fraction of sp³-hybridized carbons (Fsp3) is 0.714. The maximum absolute atomic E-state index is 10.4. The van der Waals surface area contributed by atoms with Gasteiger partial charge in [0.05, 0.1) is 6.54 Å². The first-order valence-corrected chi connectivity index (χ1v) is 4.66. The lowest BCUT2D eigenvalue weighted by molar-refractivity contribution is 0.113. The molecule has 0 saturated carbocycles. The summed E-state index contributed by atoms with van der Waals surface area (Å²) in [6.45, 7) is 1.29. The van der Waals surface area contributed by atoms with Gasteiger partial charge in [-0.3, -0.25) is 5.41 Å². The fourth-order valence-corrected chi connectivity index (χ4v) is 1.53. The number of nitrogens with zero attached hydrogens (tertiary/aromatic N) is 1. The highest BCUT2D eigenvalue weighted by Gasteiger charge is 2.25. The fourth-order valence-electron chi connectivity index (χ4n) is 1.33. The van der Waals surface area contributed by atoms with Crippen LogP contribution in [0, 0.1) is 5.41 Å². The highest BCUT2D eigenvalue weighted by Crippen LogP contribution is 2.12. The number of carbonyl (C=O) groups excluding carboxylic acids is 1. The predicted molar refractivity (Wildman–Crippen MR) is 59.5 cm³/mol. The van der Waals surface area contributed by atoms with E-state index in [1.165, 1.54) is 0 Å². The molecule has 0 unspecified atom stereocenters. The molecule has 0 aliphatic carbocycles. The maximum atomic E-state index is 10.4. The first-order valence-electron chi connectivity index (χ1n) is 4.02. The van der Waals surface area contributed by atoms with Crippen molar-refractivity contribution in [3.63, 3.8) is 0 Å². The van der Waals surface area contributed by atoms with E-state index in [9.17, 15) is 4.79 Å². The van der Waals surface area contributed by atoms with Gasteiger partial charge in [0.2, 0.25) is 0 Å². The molecule has 3 N–H and O–H groups in total. The molecule has 1 amide bonds. The number of primary amides is 1.